The maximum Gasteiger partial charge on any atom is 0.270 e. The Morgan fingerprint density at radius 3 is 2.90 bits per heavy atom. The van der Waals surface area contributed by atoms with E-state index >= 15 is 0 Å². The molecule has 0 aliphatic carbocycles. The van der Waals surface area contributed by atoms with Crippen molar-refractivity contribution in [2.75, 3.05) is 30.0 Å². The van der Waals surface area contributed by atoms with Gasteiger partial charge in [-0.15, -0.1) is 0 Å². The second kappa shape index (κ2) is 7.80. The Morgan fingerprint density at radius 1 is 1.29 bits per heavy atom. The largest absolute Gasteiger partial charge is 0.396 e. The predicted molar refractivity (Wildman–Crippen MR) is 85.9 cm³/mol. The van der Waals surface area contributed by atoms with Crippen molar-refractivity contribution >= 4 is 34.2 Å². The average molecular weight is 307 g/mol. The molecule has 2 rings (SSSR count). The van der Waals surface area contributed by atoms with Crippen molar-refractivity contribution in [3.8, 4) is 0 Å². The summed E-state index contributed by atoms with van der Waals surface area (Å²) in [6.07, 6.45) is 0.817. The Hall–Kier alpha value is -1.86. The summed E-state index contributed by atoms with van der Waals surface area (Å²) in [4.78, 5) is 14.7. The van der Waals surface area contributed by atoms with Crippen molar-refractivity contribution < 1.29 is 10.0 Å². The minimum Gasteiger partial charge on any atom is -0.396 e. The van der Waals surface area contributed by atoms with Crippen molar-refractivity contribution in [1.29, 1.82) is 0 Å². The number of benzene rings is 1. The summed E-state index contributed by atoms with van der Waals surface area (Å²) in [5.74, 6) is 2.66. The van der Waals surface area contributed by atoms with Gasteiger partial charge in [-0.1, -0.05) is 0 Å². The Labute approximate surface area is 126 Å². The maximum atomic E-state index is 10.7. The second-order valence-electron chi connectivity index (χ2n) is 4.45. The lowest BCUT2D eigenvalue weighted by atomic mass is 10.2. The average Bonchev–Trinajstić information content (AvgIpc) is 2.50. The van der Waals surface area contributed by atoms with Crippen LogP contribution in [0.25, 0.3) is 10.9 Å². The number of anilines is 1. The number of rotatable bonds is 8. The van der Waals surface area contributed by atoms with E-state index in [1.54, 1.807) is 17.8 Å². The molecule has 21 heavy (non-hydrogen) atoms. The highest BCUT2D eigenvalue weighted by molar-refractivity contribution is 7.99. The van der Waals surface area contributed by atoms with Gasteiger partial charge in [0.2, 0.25) is 0 Å². The van der Waals surface area contributed by atoms with Crippen LogP contribution >= 0.6 is 11.8 Å². The predicted octanol–water partition coefficient (Wildman–Crippen LogP) is 2.67. The van der Waals surface area contributed by atoms with E-state index in [0.717, 1.165) is 41.2 Å². The molecule has 2 aromatic rings. The Kier molecular flexibility index (Phi) is 5.77. The molecule has 1 aromatic heterocycles. The third-order valence-electron chi connectivity index (χ3n) is 2.88. The molecule has 0 unspecified atom stereocenters. The molecule has 112 valence electrons. The molecule has 1 aromatic carbocycles. The molecule has 1 heterocycles. The summed E-state index contributed by atoms with van der Waals surface area (Å²) < 4.78 is 0. The number of hydrogen-bond donors (Lipinski definition) is 2. The van der Waals surface area contributed by atoms with E-state index in [9.17, 15) is 10.1 Å². The van der Waals surface area contributed by atoms with E-state index in [0.29, 0.717) is 0 Å². The van der Waals surface area contributed by atoms with Gasteiger partial charge in [0, 0.05) is 36.4 Å². The van der Waals surface area contributed by atoms with E-state index in [4.69, 9.17) is 5.11 Å². The van der Waals surface area contributed by atoms with Crippen LogP contribution in [0.4, 0.5) is 11.5 Å². The normalized spacial score (nSPS) is 10.7. The molecule has 0 atom stereocenters. The number of nitrogens with zero attached hydrogens (tertiary/aromatic N) is 2. The number of non-ortho nitro benzene ring substituents is 1. The fourth-order valence-electron chi connectivity index (χ4n) is 1.84. The van der Waals surface area contributed by atoms with Crippen LogP contribution in [0.2, 0.25) is 0 Å². The quantitative estimate of drug-likeness (QED) is 0.443. The second-order valence-corrected chi connectivity index (χ2v) is 5.67. The smallest absolute Gasteiger partial charge is 0.270 e. The van der Waals surface area contributed by atoms with Crippen LogP contribution in [0.5, 0.6) is 0 Å². The van der Waals surface area contributed by atoms with Crippen molar-refractivity contribution in [3.05, 3.63) is 40.4 Å². The van der Waals surface area contributed by atoms with E-state index in [1.165, 1.54) is 12.1 Å². The Bertz CT molecular complexity index is 621. The number of thioether (sulfide) groups is 1. The van der Waals surface area contributed by atoms with Crippen LogP contribution < -0.4 is 5.32 Å². The summed E-state index contributed by atoms with van der Waals surface area (Å²) in [5, 5.41) is 23.4. The highest BCUT2D eigenvalue weighted by Gasteiger charge is 2.06. The van der Waals surface area contributed by atoms with Gasteiger partial charge in [-0.25, -0.2) is 4.98 Å². The monoisotopic (exact) mass is 307 g/mol. The number of nitro benzene ring substituents is 1. The summed E-state index contributed by atoms with van der Waals surface area (Å²) >= 11 is 1.78. The number of aromatic nitrogens is 1. The van der Waals surface area contributed by atoms with E-state index < -0.39 is 4.92 Å². The molecule has 7 heteroatoms. The fourth-order valence-corrected chi connectivity index (χ4v) is 2.63. The summed E-state index contributed by atoms with van der Waals surface area (Å²) in [5.41, 5.74) is 0.809. The lowest BCUT2D eigenvalue weighted by Gasteiger charge is -2.06. The molecule has 2 N–H and O–H groups in total. The van der Waals surface area contributed by atoms with Gasteiger partial charge >= 0.3 is 0 Å². The van der Waals surface area contributed by atoms with Gasteiger partial charge < -0.3 is 10.4 Å². The highest BCUT2D eigenvalue weighted by Crippen LogP contribution is 2.21. The van der Waals surface area contributed by atoms with Crippen molar-refractivity contribution in [2.45, 2.75) is 6.42 Å². The summed E-state index contributed by atoms with van der Waals surface area (Å²) in [7, 11) is 0. The van der Waals surface area contributed by atoms with Crippen molar-refractivity contribution in [3.63, 3.8) is 0 Å². The molecule has 0 radical (unpaired) electrons. The van der Waals surface area contributed by atoms with Crippen LogP contribution in [-0.4, -0.2) is 39.7 Å². The zero-order valence-electron chi connectivity index (χ0n) is 11.5. The number of hydrogen-bond acceptors (Lipinski definition) is 6. The number of aliphatic hydroxyl groups is 1. The molecule has 0 aliphatic rings. The van der Waals surface area contributed by atoms with Crippen LogP contribution in [0, 0.1) is 10.1 Å². The third-order valence-corrected chi connectivity index (χ3v) is 3.95. The summed E-state index contributed by atoms with van der Waals surface area (Å²) in [6.45, 7) is 1.03. The molecule has 0 saturated carbocycles. The molecule has 0 amide bonds. The van der Waals surface area contributed by atoms with E-state index in [2.05, 4.69) is 10.3 Å². The van der Waals surface area contributed by atoms with Gasteiger partial charge in [0.25, 0.3) is 5.69 Å². The van der Waals surface area contributed by atoms with Crippen LogP contribution in [0.3, 0.4) is 0 Å². The van der Waals surface area contributed by atoms with Crippen molar-refractivity contribution in [2.24, 2.45) is 0 Å². The third kappa shape index (κ3) is 4.57. The fraction of sp³-hybridized carbons (Fsp3) is 0.357. The Morgan fingerprint density at radius 2 is 2.14 bits per heavy atom. The van der Waals surface area contributed by atoms with Crippen LogP contribution in [0.1, 0.15) is 6.42 Å². The standard InChI is InChI=1S/C14H17N3O3S/c18-7-1-8-21-9-6-15-14-5-2-11-10-12(17(19)20)3-4-13(11)16-14/h2-5,10,18H,1,6-9H2,(H,15,16). The number of aliphatic hydroxyl groups excluding tert-OH is 1. The first-order valence-electron chi connectivity index (χ1n) is 6.68. The number of nitrogens with one attached hydrogen (secondary N) is 1. The Balaban J connectivity index is 1.93. The molecule has 0 spiro atoms. The number of nitro groups is 1. The molecule has 0 fully saturated rings. The summed E-state index contributed by atoms with van der Waals surface area (Å²) in [6, 6.07) is 8.30. The van der Waals surface area contributed by atoms with Gasteiger partial charge in [-0.3, -0.25) is 10.1 Å². The minimum atomic E-state index is -0.408. The van der Waals surface area contributed by atoms with Gasteiger partial charge in [0.1, 0.15) is 5.82 Å². The topological polar surface area (TPSA) is 88.3 Å². The van der Waals surface area contributed by atoms with Crippen molar-refractivity contribution in [1.82, 2.24) is 4.98 Å². The van der Waals surface area contributed by atoms with Crippen LogP contribution in [0.15, 0.2) is 30.3 Å². The first kappa shape index (κ1) is 15.5. The van der Waals surface area contributed by atoms with Gasteiger partial charge in [0.05, 0.1) is 10.4 Å². The molecule has 6 nitrogen and oxygen atoms in total. The van der Waals surface area contributed by atoms with Gasteiger partial charge in [-0.2, -0.15) is 11.8 Å². The SMILES string of the molecule is O=[N+]([O-])c1ccc2nc(NCCSCCCO)ccc2c1. The zero-order valence-corrected chi connectivity index (χ0v) is 12.3. The molecule has 0 aliphatic heterocycles. The molecular formula is C14H17N3O3S. The first-order valence-corrected chi connectivity index (χ1v) is 7.84. The molecule has 0 bridgehead atoms. The zero-order chi connectivity index (χ0) is 15.1. The maximum absolute atomic E-state index is 10.7. The molecule has 0 saturated heterocycles. The van der Waals surface area contributed by atoms with Crippen LogP contribution in [-0.2, 0) is 0 Å². The van der Waals surface area contributed by atoms with E-state index in [1.807, 2.05) is 12.1 Å². The minimum absolute atomic E-state index is 0.0743. The molecular weight excluding hydrogens is 290 g/mol. The van der Waals surface area contributed by atoms with Gasteiger partial charge in [0.15, 0.2) is 0 Å². The highest BCUT2D eigenvalue weighted by atomic mass is 32.2. The van der Waals surface area contributed by atoms with Gasteiger partial charge in [-0.05, 0) is 30.4 Å². The number of fused-ring (bicyclic) bond motifs is 1. The lowest BCUT2D eigenvalue weighted by Crippen LogP contribution is -2.06. The van der Waals surface area contributed by atoms with E-state index in [-0.39, 0.29) is 12.3 Å². The lowest BCUT2D eigenvalue weighted by molar-refractivity contribution is -0.384. The first-order chi connectivity index (χ1) is 10.2. The number of pyridine rings is 1.